The third kappa shape index (κ3) is 8.09. The SMILES string of the molecule is C[C@@H](/C=C/c1ccccc1)OC(=O)CNC(=O)OC(C)(C)C. The van der Waals surface area contributed by atoms with Gasteiger partial charge in [0.15, 0.2) is 0 Å². The fraction of sp³-hybridized carbons (Fsp3) is 0.412. The number of carbonyl (C=O) groups excluding carboxylic acids is 2. The van der Waals surface area contributed by atoms with E-state index in [4.69, 9.17) is 9.47 Å². The van der Waals surface area contributed by atoms with Crippen molar-refractivity contribution in [2.45, 2.75) is 39.4 Å². The quantitative estimate of drug-likeness (QED) is 0.849. The van der Waals surface area contributed by atoms with Crippen LogP contribution in [-0.4, -0.2) is 30.3 Å². The number of rotatable bonds is 5. The predicted molar refractivity (Wildman–Crippen MR) is 85.3 cm³/mol. The van der Waals surface area contributed by atoms with E-state index in [1.165, 1.54) is 0 Å². The number of alkyl carbamates (subject to hydrolysis) is 1. The number of ether oxygens (including phenoxy) is 2. The molecule has 1 aromatic carbocycles. The van der Waals surface area contributed by atoms with E-state index in [9.17, 15) is 9.59 Å². The summed E-state index contributed by atoms with van der Waals surface area (Å²) in [5.74, 6) is -0.518. The van der Waals surface area contributed by atoms with Gasteiger partial charge >= 0.3 is 12.1 Å². The monoisotopic (exact) mass is 305 g/mol. The molecule has 0 heterocycles. The van der Waals surface area contributed by atoms with E-state index in [1.807, 2.05) is 36.4 Å². The fourth-order valence-corrected chi connectivity index (χ4v) is 1.56. The molecule has 0 radical (unpaired) electrons. The van der Waals surface area contributed by atoms with E-state index in [1.54, 1.807) is 33.8 Å². The first kappa shape index (κ1) is 17.8. The number of amides is 1. The van der Waals surface area contributed by atoms with Crippen molar-refractivity contribution in [1.29, 1.82) is 0 Å². The van der Waals surface area contributed by atoms with Crippen molar-refractivity contribution in [3.8, 4) is 0 Å². The minimum absolute atomic E-state index is 0.224. The first-order chi connectivity index (χ1) is 10.3. The largest absolute Gasteiger partial charge is 0.457 e. The second-order valence-electron chi connectivity index (χ2n) is 5.82. The van der Waals surface area contributed by atoms with E-state index in [0.29, 0.717) is 0 Å². The van der Waals surface area contributed by atoms with Crippen molar-refractivity contribution in [2.24, 2.45) is 0 Å². The van der Waals surface area contributed by atoms with E-state index < -0.39 is 17.7 Å². The van der Waals surface area contributed by atoms with Crippen LogP contribution in [0.5, 0.6) is 0 Å². The summed E-state index contributed by atoms with van der Waals surface area (Å²) < 4.78 is 10.2. The Hall–Kier alpha value is -2.30. The zero-order valence-corrected chi connectivity index (χ0v) is 13.5. The minimum atomic E-state index is -0.642. The summed E-state index contributed by atoms with van der Waals surface area (Å²) in [6.07, 6.45) is 2.63. The molecule has 0 bridgehead atoms. The van der Waals surface area contributed by atoms with Crippen LogP contribution in [0.1, 0.15) is 33.3 Å². The molecule has 0 aliphatic rings. The zero-order chi connectivity index (χ0) is 16.6. The summed E-state index contributed by atoms with van der Waals surface area (Å²) >= 11 is 0. The molecule has 0 saturated carbocycles. The molecule has 1 N–H and O–H groups in total. The van der Waals surface area contributed by atoms with Crippen molar-refractivity contribution < 1.29 is 19.1 Å². The maximum Gasteiger partial charge on any atom is 0.408 e. The molecule has 1 atom stereocenters. The topological polar surface area (TPSA) is 64.6 Å². The first-order valence-electron chi connectivity index (χ1n) is 7.16. The number of carbonyl (C=O) groups is 2. The number of hydrogen-bond donors (Lipinski definition) is 1. The zero-order valence-electron chi connectivity index (χ0n) is 13.5. The van der Waals surface area contributed by atoms with Gasteiger partial charge in [-0.3, -0.25) is 4.79 Å². The van der Waals surface area contributed by atoms with Crippen molar-refractivity contribution in [2.75, 3.05) is 6.54 Å². The molecule has 0 aliphatic carbocycles. The highest BCUT2D eigenvalue weighted by Crippen LogP contribution is 2.06. The summed E-state index contributed by atoms with van der Waals surface area (Å²) in [6.45, 7) is 6.79. The fourth-order valence-electron chi connectivity index (χ4n) is 1.56. The highest BCUT2D eigenvalue weighted by Gasteiger charge is 2.17. The molecular formula is C17H23NO4. The lowest BCUT2D eigenvalue weighted by atomic mass is 10.2. The molecule has 1 amide bonds. The van der Waals surface area contributed by atoms with Gasteiger partial charge in [0.2, 0.25) is 0 Å². The first-order valence-corrected chi connectivity index (χ1v) is 7.16. The van der Waals surface area contributed by atoms with Gasteiger partial charge in [-0.1, -0.05) is 36.4 Å². The number of esters is 1. The van der Waals surface area contributed by atoms with Crippen molar-refractivity contribution >= 4 is 18.1 Å². The third-order valence-corrected chi connectivity index (χ3v) is 2.45. The lowest BCUT2D eigenvalue weighted by Gasteiger charge is -2.19. The van der Waals surface area contributed by atoms with Crippen LogP contribution in [0, 0.1) is 0 Å². The van der Waals surface area contributed by atoms with Crippen LogP contribution in [0.25, 0.3) is 6.08 Å². The van der Waals surface area contributed by atoms with Gasteiger partial charge in [0.25, 0.3) is 0 Å². The van der Waals surface area contributed by atoms with Gasteiger partial charge in [-0.25, -0.2) is 4.79 Å². The van der Waals surface area contributed by atoms with Crippen LogP contribution in [0.4, 0.5) is 4.79 Å². The molecule has 0 aliphatic heterocycles. The highest BCUT2D eigenvalue weighted by atomic mass is 16.6. The molecular weight excluding hydrogens is 282 g/mol. The lowest BCUT2D eigenvalue weighted by Crippen LogP contribution is -2.36. The number of hydrogen-bond acceptors (Lipinski definition) is 4. The van der Waals surface area contributed by atoms with E-state index >= 15 is 0 Å². The molecule has 0 unspecified atom stereocenters. The van der Waals surface area contributed by atoms with Crippen LogP contribution in [0.15, 0.2) is 36.4 Å². The van der Waals surface area contributed by atoms with Crippen LogP contribution < -0.4 is 5.32 Å². The van der Waals surface area contributed by atoms with Crippen molar-refractivity contribution in [3.63, 3.8) is 0 Å². The number of benzene rings is 1. The van der Waals surface area contributed by atoms with Gasteiger partial charge in [-0.15, -0.1) is 0 Å². The molecule has 0 spiro atoms. The van der Waals surface area contributed by atoms with E-state index in [0.717, 1.165) is 5.56 Å². The molecule has 0 saturated heterocycles. The second kappa shape index (κ2) is 8.22. The Balaban J connectivity index is 2.32. The average Bonchev–Trinajstić information content (AvgIpc) is 2.42. The Morgan fingerprint density at radius 3 is 2.45 bits per heavy atom. The minimum Gasteiger partial charge on any atom is -0.457 e. The van der Waals surface area contributed by atoms with Gasteiger partial charge in [0.05, 0.1) is 0 Å². The number of nitrogens with one attached hydrogen (secondary N) is 1. The normalized spacial score (nSPS) is 12.7. The maximum atomic E-state index is 11.6. The molecule has 120 valence electrons. The Kier molecular flexibility index (Phi) is 6.63. The van der Waals surface area contributed by atoms with Gasteiger partial charge < -0.3 is 14.8 Å². The van der Waals surface area contributed by atoms with Crippen LogP contribution >= 0.6 is 0 Å². The summed E-state index contributed by atoms with van der Waals surface area (Å²) in [5, 5.41) is 2.36. The Labute approximate surface area is 131 Å². The van der Waals surface area contributed by atoms with Crippen LogP contribution in [0.3, 0.4) is 0 Å². The van der Waals surface area contributed by atoms with Gasteiger partial charge in [-0.2, -0.15) is 0 Å². The molecule has 22 heavy (non-hydrogen) atoms. The smallest absolute Gasteiger partial charge is 0.408 e. The Morgan fingerprint density at radius 2 is 1.86 bits per heavy atom. The summed E-state index contributed by atoms with van der Waals surface area (Å²) in [6, 6.07) is 9.70. The third-order valence-electron chi connectivity index (χ3n) is 2.45. The van der Waals surface area contributed by atoms with Crippen molar-refractivity contribution in [1.82, 2.24) is 5.32 Å². The summed E-state index contributed by atoms with van der Waals surface area (Å²) in [4.78, 5) is 23.0. The van der Waals surface area contributed by atoms with Crippen LogP contribution in [0.2, 0.25) is 0 Å². The standard InChI is InChI=1S/C17H23NO4/c1-13(10-11-14-8-6-5-7-9-14)21-15(19)12-18-16(20)22-17(2,3)4/h5-11,13H,12H2,1-4H3,(H,18,20)/b11-10+/t13-/m0/s1. The van der Waals surface area contributed by atoms with Gasteiger partial charge in [0, 0.05) is 0 Å². The van der Waals surface area contributed by atoms with E-state index in [-0.39, 0.29) is 12.6 Å². The molecule has 0 fully saturated rings. The molecule has 5 heteroatoms. The molecule has 1 aromatic rings. The second-order valence-corrected chi connectivity index (χ2v) is 5.82. The highest BCUT2D eigenvalue weighted by molar-refractivity contribution is 5.78. The van der Waals surface area contributed by atoms with Gasteiger partial charge in [-0.05, 0) is 39.3 Å². The molecule has 1 rings (SSSR count). The molecule has 5 nitrogen and oxygen atoms in total. The summed E-state index contributed by atoms with van der Waals surface area (Å²) in [7, 11) is 0. The summed E-state index contributed by atoms with van der Waals surface area (Å²) in [5.41, 5.74) is 0.428. The van der Waals surface area contributed by atoms with Crippen LogP contribution in [-0.2, 0) is 14.3 Å². The van der Waals surface area contributed by atoms with Crippen molar-refractivity contribution in [3.05, 3.63) is 42.0 Å². The molecule has 0 aromatic heterocycles. The van der Waals surface area contributed by atoms with Gasteiger partial charge in [0.1, 0.15) is 18.2 Å². The van der Waals surface area contributed by atoms with E-state index in [2.05, 4.69) is 5.32 Å². The maximum absolute atomic E-state index is 11.6. The Morgan fingerprint density at radius 1 is 1.23 bits per heavy atom. The predicted octanol–water partition coefficient (Wildman–Crippen LogP) is 3.16. The average molecular weight is 305 g/mol. The lowest BCUT2D eigenvalue weighted by molar-refractivity contribution is -0.145. The Bertz CT molecular complexity index is 517.